The van der Waals surface area contributed by atoms with E-state index in [0.717, 1.165) is 12.8 Å². The normalized spacial score (nSPS) is 35.7. The maximum absolute atomic E-state index is 12.3. The van der Waals surface area contributed by atoms with Crippen LogP contribution < -0.4 is 0 Å². The Morgan fingerprint density at radius 1 is 1.29 bits per heavy atom. The molecule has 2 unspecified atom stereocenters. The topological polar surface area (TPSA) is 49.8 Å². The van der Waals surface area contributed by atoms with Crippen LogP contribution >= 0.6 is 0 Å². The first-order valence-electron chi connectivity index (χ1n) is 7.57. The third-order valence-corrected chi connectivity index (χ3v) is 5.26. The number of rotatable bonds is 2. The Morgan fingerprint density at radius 3 is 2.57 bits per heavy atom. The van der Waals surface area contributed by atoms with Crippen molar-refractivity contribution >= 4 is 5.97 Å². The van der Waals surface area contributed by atoms with Crippen molar-refractivity contribution in [2.75, 3.05) is 14.2 Å². The van der Waals surface area contributed by atoms with E-state index in [-0.39, 0.29) is 23.8 Å². The van der Waals surface area contributed by atoms with E-state index in [2.05, 4.69) is 36.1 Å². The Kier molecular flexibility index (Phi) is 3.76. The summed E-state index contributed by atoms with van der Waals surface area (Å²) in [6.45, 7) is 2.06. The highest BCUT2D eigenvalue weighted by Gasteiger charge is 2.53. The summed E-state index contributed by atoms with van der Waals surface area (Å²) in [5.74, 6) is -0.380. The van der Waals surface area contributed by atoms with E-state index in [1.165, 1.54) is 18.2 Å². The number of fused-ring (bicyclic) bond motifs is 2. The van der Waals surface area contributed by atoms with Crippen molar-refractivity contribution < 1.29 is 14.6 Å². The maximum Gasteiger partial charge on any atom is 0.310 e. The van der Waals surface area contributed by atoms with Gasteiger partial charge < -0.3 is 9.84 Å². The molecule has 2 aliphatic heterocycles. The molecule has 2 saturated heterocycles. The van der Waals surface area contributed by atoms with Crippen molar-refractivity contribution in [3.63, 3.8) is 0 Å². The standard InChI is InChI=1S/C17H23NO3/c1-10-4-6-11(7-5-10)13-8-12-9-14(19)16(18(12)2)15(13)17(20)21-3/h4-7,12-16,19H,8-9H2,1-3H3/t12?,13-,14-,15-,16?/m1/s1. The Hall–Kier alpha value is -1.39. The summed E-state index contributed by atoms with van der Waals surface area (Å²) in [6.07, 6.45) is 1.20. The molecule has 21 heavy (non-hydrogen) atoms. The fraction of sp³-hybridized carbons (Fsp3) is 0.588. The molecule has 2 fully saturated rings. The molecule has 0 aliphatic carbocycles. The van der Waals surface area contributed by atoms with E-state index in [9.17, 15) is 9.90 Å². The van der Waals surface area contributed by atoms with Gasteiger partial charge in [0, 0.05) is 18.0 Å². The molecule has 1 aromatic rings. The van der Waals surface area contributed by atoms with Crippen molar-refractivity contribution in [1.29, 1.82) is 0 Å². The number of carbonyl (C=O) groups excluding carboxylic acids is 1. The van der Waals surface area contributed by atoms with Crippen LogP contribution in [0.5, 0.6) is 0 Å². The van der Waals surface area contributed by atoms with Gasteiger partial charge in [-0.1, -0.05) is 29.8 Å². The van der Waals surface area contributed by atoms with Gasteiger partial charge in [0.15, 0.2) is 0 Å². The van der Waals surface area contributed by atoms with E-state index in [4.69, 9.17) is 4.74 Å². The number of esters is 1. The van der Waals surface area contributed by atoms with Gasteiger partial charge >= 0.3 is 5.97 Å². The molecular weight excluding hydrogens is 266 g/mol. The highest BCUT2D eigenvalue weighted by Crippen LogP contribution is 2.46. The summed E-state index contributed by atoms with van der Waals surface area (Å²) in [6, 6.07) is 8.58. The molecule has 1 N–H and O–H groups in total. The summed E-state index contributed by atoms with van der Waals surface area (Å²) < 4.78 is 5.04. The van der Waals surface area contributed by atoms with Crippen LogP contribution in [0.4, 0.5) is 0 Å². The zero-order chi connectivity index (χ0) is 15.1. The first-order chi connectivity index (χ1) is 10.0. The number of nitrogens with zero attached hydrogens (tertiary/aromatic N) is 1. The number of piperidine rings is 1. The largest absolute Gasteiger partial charge is 0.469 e. The second-order valence-corrected chi connectivity index (χ2v) is 6.41. The molecule has 0 spiro atoms. The summed E-state index contributed by atoms with van der Waals surface area (Å²) in [4.78, 5) is 14.5. The molecule has 0 aromatic heterocycles. The molecule has 0 amide bonds. The first-order valence-corrected chi connectivity index (χ1v) is 7.57. The minimum absolute atomic E-state index is 0.126. The van der Waals surface area contributed by atoms with Gasteiger partial charge in [-0.05, 0) is 32.4 Å². The van der Waals surface area contributed by atoms with Crippen LogP contribution in [0.15, 0.2) is 24.3 Å². The number of aliphatic hydroxyl groups is 1. The Bertz CT molecular complexity index is 527. The number of carbonyl (C=O) groups is 1. The number of ether oxygens (including phenoxy) is 1. The number of aryl methyl sites for hydroxylation is 1. The Balaban J connectivity index is 1.98. The van der Waals surface area contributed by atoms with Crippen molar-refractivity contribution in [2.45, 2.75) is 43.9 Å². The van der Waals surface area contributed by atoms with E-state index in [1.54, 1.807) is 0 Å². The Labute approximate surface area is 125 Å². The Morgan fingerprint density at radius 2 is 1.95 bits per heavy atom. The highest BCUT2D eigenvalue weighted by molar-refractivity contribution is 5.75. The number of benzene rings is 1. The third kappa shape index (κ3) is 2.36. The van der Waals surface area contributed by atoms with Crippen molar-refractivity contribution in [1.82, 2.24) is 4.90 Å². The zero-order valence-electron chi connectivity index (χ0n) is 12.8. The minimum Gasteiger partial charge on any atom is -0.469 e. The van der Waals surface area contributed by atoms with Gasteiger partial charge in [0.2, 0.25) is 0 Å². The molecule has 3 rings (SSSR count). The lowest BCUT2D eigenvalue weighted by atomic mass is 9.76. The van der Waals surface area contributed by atoms with E-state index in [0.29, 0.717) is 6.04 Å². The van der Waals surface area contributed by atoms with Crippen LogP contribution in [0.3, 0.4) is 0 Å². The monoisotopic (exact) mass is 289 g/mol. The van der Waals surface area contributed by atoms with Crippen molar-refractivity contribution in [2.24, 2.45) is 5.92 Å². The fourth-order valence-corrected chi connectivity index (χ4v) is 4.13. The van der Waals surface area contributed by atoms with E-state index >= 15 is 0 Å². The molecule has 0 radical (unpaired) electrons. The van der Waals surface area contributed by atoms with Crippen LogP contribution in [0, 0.1) is 12.8 Å². The van der Waals surface area contributed by atoms with E-state index < -0.39 is 6.10 Å². The van der Waals surface area contributed by atoms with Crippen molar-refractivity contribution in [3.8, 4) is 0 Å². The molecule has 1 aromatic carbocycles. The predicted octanol–water partition coefficient (Wildman–Crippen LogP) is 1.71. The highest BCUT2D eigenvalue weighted by atomic mass is 16.5. The molecule has 2 bridgehead atoms. The molecule has 0 saturated carbocycles. The molecule has 2 aliphatic rings. The number of methoxy groups -OCH3 is 1. The van der Waals surface area contributed by atoms with Crippen molar-refractivity contribution in [3.05, 3.63) is 35.4 Å². The lowest BCUT2D eigenvalue weighted by molar-refractivity contribution is -0.151. The number of aliphatic hydroxyl groups excluding tert-OH is 1. The zero-order valence-corrected chi connectivity index (χ0v) is 12.8. The van der Waals surface area contributed by atoms with Gasteiger partial charge in [-0.3, -0.25) is 9.69 Å². The average molecular weight is 289 g/mol. The second kappa shape index (κ2) is 5.43. The maximum atomic E-state index is 12.3. The molecule has 4 nitrogen and oxygen atoms in total. The minimum atomic E-state index is -0.445. The molecule has 5 atom stereocenters. The van der Waals surface area contributed by atoms with Crippen LogP contribution in [0.2, 0.25) is 0 Å². The third-order valence-electron chi connectivity index (χ3n) is 5.26. The van der Waals surface area contributed by atoms with Gasteiger partial charge in [0.05, 0.1) is 19.1 Å². The molecule has 2 heterocycles. The number of hydrogen-bond acceptors (Lipinski definition) is 4. The van der Waals surface area contributed by atoms with Gasteiger partial charge in [-0.25, -0.2) is 0 Å². The smallest absolute Gasteiger partial charge is 0.310 e. The lowest BCUT2D eigenvalue weighted by Gasteiger charge is -2.42. The second-order valence-electron chi connectivity index (χ2n) is 6.41. The average Bonchev–Trinajstić information content (AvgIpc) is 2.66. The van der Waals surface area contributed by atoms with Crippen LogP contribution in [0.25, 0.3) is 0 Å². The van der Waals surface area contributed by atoms with Gasteiger partial charge in [0.25, 0.3) is 0 Å². The van der Waals surface area contributed by atoms with E-state index in [1.807, 2.05) is 7.05 Å². The predicted molar refractivity (Wildman–Crippen MR) is 80.0 cm³/mol. The van der Waals surface area contributed by atoms with Crippen LogP contribution in [0.1, 0.15) is 29.9 Å². The molecule has 114 valence electrons. The van der Waals surface area contributed by atoms with Gasteiger partial charge in [0.1, 0.15) is 0 Å². The van der Waals surface area contributed by atoms with Crippen LogP contribution in [-0.4, -0.2) is 48.3 Å². The summed E-state index contributed by atoms with van der Waals surface area (Å²) in [7, 11) is 3.44. The van der Waals surface area contributed by atoms with Gasteiger partial charge in [-0.15, -0.1) is 0 Å². The quantitative estimate of drug-likeness (QED) is 0.842. The number of likely N-dealkylation sites (N-methyl/N-ethyl adjacent to an activating group) is 1. The first kappa shape index (κ1) is 14.5. The fourth-order valence-electron chi connectivity index (χ4n) is 4.13. The SMILES string of the molecule is COC(=O)[C@H]1C2[C@H](O)CC(C[C@@H]1c1ccc(C)cc1)N2C. The summed E-state index contributed by atoms with van der Waals surface area (Å²) >= 11 is 0. The number of hydrogen-bond donors (Lipinski definition) is 1. The lowest BCUT2D eigenvalue weighted by Crippen LogP contribution is -2.51. The molecular formula is C17H23NO3. The molecule has 4 heteroatoms. The summed E-state index contributed by atoms with van der Waals surface area (Å²) in [5, 5.41) is 10.3. The van der Waals surface area contributed by atoms with Crippen LogP contribution in [-0.2, 0) is 9.53 Å². The van der Waals surface area contributed by atoms with Gasteiger partial charge in [-0.2, -0.15) is 0 Å². The summed E-state index contributed by atoms with van der Waals surface area (Å²) in [5.41, 5.74) is 2.39.